The van der Waals surface area contributed by atoms with Gasteiger partial charge in [0.2, 0.25) is 5.91 Å². The van der Waals surface area contributed by atoms with Crippen LogP contribution in [-0.4, -0.2) is 21.6 Å². The van der Waals surface area contributed by atoms with Crippen LogP contribution in [0.15, 0.2) is 60.7 Å². The SMILES string of the molecule is CC(C)(C)c1ccc(-c2cc(NC(=O)CCl)n(-c3ccccc3)n2)cc1. The predicted molar refractivity (Wildman–Crippen MR) is 107 cm³/mol. The molecule has 1 amide bonds. The first-order chi connectivity index (χ1) is 12.4. The van der Waals surface area contributed by atoms with Gasteiger partial charge >= 0.3 is 0 Å². The molecule has 3 rings (SSSR count). The highest BCUT2D eigenvalue weighted by Gasteiger charge is 2.16. The van der Waals surface area contributed by atoms with Gasteiger partial charge in [-0.2, -0.15) is 5.10 Å². The molecule has 2 aromatic carbocycles. The van der Waals surface area contributed by atoms with Crippen LogP contribution in [0.3, 0.4) is 0 Å². The minimum Gasteiger partial charge on any atom is -0.310 e. The number of aromatic nitrogens is 2. The van der Waals surface area contributed by atoms with Crippen molar-refractivity contribution in [3.05, 3.63) is 66.2 Å². The van der Waals surface area contributed by atoms with E-state index in [0.717, 1.165) is 16.9 Å². The van der Waals surface area contributed by atoms with Crippen molar-refractivity contribution in [1.82, 2.24) is 9.78 Å². The average Bonchev–Trinajstić information content (AvgIpc) is 3.05. The number of rotatable bonds is 4. The van der Waals surface area contributed by atoms with Gasteiger partial charge in [0, 0.05) is 11.6 Å². The average molecular weight is 368 g/mol. The third-order valence-electron chi connectivity index (χ3n) is 4.15. The number of hydrogen-bond donors (Lipinski definition) is 1. The van der Waals surface area contributed by atoms with Crippen LogP contribution < -0.4 is 5.32 Å². The lowest BCUT2D eigenvalue weighted by molar-refractivity contribution is -0.114. The Morgan fingerprint density at radius 3 is 2.31 bits per heavy atom. The lowest BCUT2D eigenvalue weighted by Gasteiger charge is -2.18. The summed E-state index contributed by atoms with van der Waals surface area (Å²) in [5.41, 5.74) is 4.02. The van der Waals surface area contributed by atoms with Crippen LogP contribution >= 0.6 is 11.6 Å². The second kappa shape index (κ2) is 7.34. The molecule has 0 bridgehead atoms. The summed E-state index contributed by atoms with van der Waals surface area (Å²) >= 11 is 5.64. The van der Waals surface area contributed by atoms with Crippen LogP contribution in [0.4, 0.5) is 5.82 Å². The van der Waals surface area contributed by atoms with Gasteiger partial charge in [-0.25, -0.2) is 4.68 Å². The zero-order chi connectivity index (χ0) is 18.7. The minimum atomic E-state index is -0.265. The molecular weight excluding hydrogens is 346 g/mol. The second-order valence-electron chi connectivity index (χ2n) is 7.17. The van der Waals surface area contributed by atoms with Crippen LogP contribution in [0, 0.1) is 0 Å². The summed E-state index contributed by atoms with van der Waals surface area (Å²) in [7, 11) is 0. The maximum Gasteiger partial charge on any atom is 0.240 e. The van der Waals surface area contributed by atoms with E-state index in [1.54, 1.807) is 4.68 Å². The van der Waals surface area contributed by atoms with E-state index in [0.29, 0.717) is 5.82 Å². The first-order valence-corrected chi connectivity index (χ1v) is 9.04. The van der Waals surface area contributed by atoms with Crippen molar-refractivity contribution in [2.24, 2.45) is 0 Å². The van der Waals surface area contributed by atoms with Crippen molar-refractivity contribution in [1.29, 1.82) is 0 Å². The molecule has 1 N–H and O–H groups in total. The summed E-state index contributed by atoms with van der Waals surface area (Å²) in [6.45, 7) is 6.56. The highest BCUT2D eigenvalue weighted by Crippen LogP contribution is 2.28. The Morgan fingerprint density at radius 2 is 1.73 bits per heavy atom. The molecule has 0 saturated carbocycles. The topological polar surface area (TPSA) is 46.9 Å². The van der Waals surface area contributed by atoms with Crippen LogP contribution in [0.1, 0.15) is 26.3 Å². The zero-order valence-electron chi connectivity index (χ0n) is 15.2. The third kappa shape index (κ3) is 3.97. The van der Waals surface area contributed by atoms with Crippen molar-refractivity contribution in [2.45, 2.75) is 26.2 Å². The number of halogens is 1. The summed E-state index contributed by atoms with van der Waals surface area (Å²) in [5, 5.41) is 7.50. The van der Waals surface area contributed by atoms with E-state index in [4.69, 9.17) is 11.6 Å². The van der Waals surface area contributed by atoms with Crippen molar-refractivity contribution in [3.8, 4) is 16.9 Å². The lowest BCUT2D eigenvalue weighted by Crippen LogP contribution is -2.15. The summed E-state index contributed by atoms with van der Waals surface area (Å²) in [6.07, 6.45) is 0. The van der Waals surface area contributed by atoms with E-state index in [-0.39, 0.29) is 17.2 Å². The third-order valence-corrected chi connectivity index (χ3v) is 4.39. The molecule has 4 nitrogen and oxygen atoms in total. The molecule has 3 aromatic rings. The van der Waals surface area contributed by atoms with Crippen molar-refractivity contribution < 1.29 is 4.79 Å². The molecule has 0 aliphatic rings. The van der Waals surface area contributed by atoms with E-state index >= 15 is 0 Å². The number of nitrogens with one attached hydrogen (secondary N) is 1. The molecular formula is C21H22ClN3O. The standard InChI is InChI=1S/C21H22ClN3O/c1-21(2,3)16-11-9-15(10-12-16)18-13-19(23-20(26)14-22)25(24-18)17-7-5-4-6-8-17/h4-13H,14H2,1-3H3,(H,23,26). The monoisotopic (exact) mass is 367 g/mol. The van der Waals surface area contributed by atoms with Gasteiger partial charge in [0.1, 0.15) is 11.7 Å². The van der Waals surface area contributed by atoms with Gasteiger partial charge in [0.05, 0.1) is 11.4 Å². The highest BCUT2D eigenvalue weighted by molar-refractivity contribution is 6.29. The molecule has 5 heteroatoms. The molecule has 26 heavy (non-hydrogen) atoms. The lowest BCUT2D eigenvalue weighted by atomic mass is 9.86. The van der Waals surface area contributed by atoms with Crippen LogP contribution in [0.25, 0.3) is 16.9 Å². The number of alkyl halides is 1. The molecule has 0 saturated heterocycles. The number of nitrogens with zero attached hydrogens (tertiary/aromatic N) is 2. The Labute approximate surface area is 158 Å². The number of para-hydroxylation sites is 1. The van der Waals surface area contributed by atoms with E-state index < -0.39 is 0 Å². The first-order valence-electron chi connectivity index (χ1n) is 8.51. The zero-order valence-corrected chi connectivity index (χ0v) is 15.9. The molecule has 0 spiro atoms. The fraction of sp³-hybridized carbons (Fsp3) is 0.238. The maximum absolute atomic E-state index is 11.8. The van der Waals surface area contributed by atoms with Crippen LogP contribution in [0.2, 0.25) is 0 Å². The Balaban J connectivity index is 2.02. The maximum atomic E-state index is 11.8. The van der Waals surface area contributed by atoms with Gasteiger partial charge in [-0.15, -0.1) is 11.6 Å². The van der Waals surface area contributed by atoms with Crippen LogP contribution in [0.5, 0.6) is 0 Å². The number of carbonyl (C=O) groups excluding carboxylic acids is 1. The molecule has 0 atom stereocenters. The molecule has 1 aromatic heterocycles. The fourth-order valence-electron chi connectivity index (χ4n) is 2.69. The summed E-state index contributed by atoms with van der Waals surface area (Å²) in [5.74, 6) is 0.227. The van der Waals surface area contributed by atoms with Crippen molar-refractivity contribution in [3.63, 3.8) is 0 Å². The van der Waals surface area contributed by atoms with Gasteiger partial charge < -0.3 is 5.32 Å². The Hall–Kier alpha value is -2.59. The van der Waals surface area contributed by atoms with E-state index in [9.17, 15) is 4.79 Å². The molecule has 0 radical (unpaired) electrons. The van der Waals surface area contributed by atoms with Gasteiger partial charge in [0.25, 0.3) is 0 Å². The number of hydrogen-bond acceptors (Lipinski definition) is 2. The Morgan fingerprint density at radius 1 is 1.08 bits per heavy atom. The number of benzene rings is 2. The van der Waals surface area contributed by atoms with Crippen molar-refractivity contribution in [2.75, 3.05) is 11.2 Å². The normalized spacial score (nSPS) is 11.4. The van der Waals surface area contributed by atoms with E-state index in [2.05, 4.69) is 55.5 Å². The molecule has 1 heterocycles. The molecule has 134 valence electrons. The first kappa shape index (κ1) is 18.2. The fourth-order valence-corrected chi connectivity index (χ4v) is 2.76. The van der Waals surface area contributed by atoms with Gasteiger partial charge in [-0.3, -0.25) is 4.79 Å². The smallest absolute Gasteiger partial charge is 0.240 e. The number of carbonyl (C=O) groups is 1. The predicted octanol–water partition coefficient (Wildman–Crippen LogP) is 5.01. The molecule has 0 aliphatic heterocycles. The summed E-state index contributed by atoms with van der Waals surface area (Å²) in [4.78, 5) is 11.8. The summed E-state index contributed by atoms with van der Waals surface area (Å²) in [6, 6.07) is 19.9. The van der Waals surface area contributed by atoms with E-state index in [1.165, 1.54) is 5.56 Å². The highest BCUT2D eigenvalue weighted by atomic mass is 35.5. The van der Waals surface area contributed by atoms with E-state index in [1.807, 2.05) is 36.4 Å². The Kier molecular flexibility index (Phi) is 5.14. The number of anilines is 1. The largest absolute Gasteiger partial charge is 0.310 e. The molecule has 0 aliphatic carbocycles. The van der Waals surface area contributed by atoms with Crippen molar-refractivity contribution >= 4 is 23.3 Å². The minimum absolute atomic E-state index is 0.0986. The second-order valence-corrected chi connectivity index (χ2v) is 7.44. The van der Waals surface area contributed by atoms with Gasteiger partial charge in [0.15, 0.2) is 0 Å². The van der Waals surface area contributed by atoms with Gasteiger partial charge in [-0.1, -0.05) is 63.2 Å². The van der Waals surface area contributed by atoms with Crippen LogP contribution in [-0.2, 0) is 10.2 Å². The summed E-state index contributed by atoms with van der Waals surface area (Å²) < 4.78 is 1.72. The Bertz CT molecular complexity index is 893. The number of amides is 1. The molecule has 0 fully saturated rings. The molecule has 0 unspecified atom stereocenters. The quantitative estimate of drug-likeness (QED) is 0.658. The van der Waals surface area contributed by atoms with Gasteiger partial charge in [-0.05, 0) is 23.1 Å².